The first-order valence-corrected chi connectivity index (χ1v) is 16.9. The molecule has 0 bridgehead atoms. The minimum absolute atomic E-state index is 0.0248. The van der Waals surface area contributed by atoms with Crippen molar-refractivity contribution in [1.29, 1.82) is 0 Å². The van der Waals surface area contributed by atoms with Gasteiger partial charge in [0, 0.05) is 17.7 Å². The predicted octanol–water partition coefficient (Wildman–Crippen LogP) is 6.87. The van der Waals surface area contributed by atoms with Crippen LogP contribution in [0.2, 0.25) is 0 Å². The molecule has 2 aromatic carbocycles. The molecule has 1 heterocycles. The quantitative estimate of drug-likeness (QED) is 0.268. The average Bonchev–Trinajstić information content (AvgIpc) is 3.87. The Kier molecular flexibility index (Phi) is 9.43. The molecule has 0 unspecified atom stereocenters. The highest BCUT2D eigenvalue weighted by atomic mass is 16.5. The standard InChI is InChI=1S/C38H45N3O5/c1-25(2)27-18-21-38(22-19-27)40-34(28-14-16-32(17-15-28)46-24-26-6-4-3-5-7-26)37(45)41(38)35(29-8-9-29)30-10-12-31(13-11-30)36(44)39-23-20-33(42)43/h3-4,6,10-17,25,27,29,35H,5,7-9,18-24H2,1-2H3,(H,39,44)(H,42,43)/t27?,35-,38?/m1/s1. The fraction of sp³-hybridized carbons (Fsp3) is 0.474. The molecule has 0 radical (unpaired) electrons. The normalized spacial score (nSPS) is 23.3. The molecule has 242 valence electrons. The van der Waals surface area contributed by atoms with E-state index in [0.717, 1.165) is 68.2 Å². The maximum atomic E-state index is 14.5. The summed E-state index contributed by atoms with van der Waals surface area (Å²) in [6.07, 6.45) is 14.1. The second-order valence-electron chi connectivity index (χ2n) is 13.6. The summed E-state index contributed by atoms with van der Waals surface area (Å²) in [5.41, 5.74) is 3.50. The van der Waals surface area contributed by atoms with Crippen LogP contribution in [0.1, 0.15) is 99.2 Å². The number of carboxylic acid groups (broad SMARTS) is 1. The minimum atomic E-state index is -0.953. The minimum Gasteiger partial charge on any atom is -0.489 e. The molecular formula is C38H45N3O5. The molecule has 4 aliphatic rings. The molecule has 0 saturated heterocycles. The summed E-state index contributed by atoms with van der Waals surface area (Å²) < 4.78 is 6.06. The molecule has 1 aliphatic heterocycles. The Morgan fingerprint density at radius 1 is 1.02 bits per heavy atom. The summed E-state index contributed by atoms with van der Waals surface area (Å²) in [5.74, 6) is 1.04. The molecule has 0 aromatic heterocycles. The van der Waals surface area contributed by atoms with Crippen molar-refractivity contribution in [2.45, 2.75) is 83.3 Å². The second-order valence-corrected chi connectivity index (χ2v) is 13.6. The van der Waals surface area contributed by atoms with Gasteiger partial charge in [-0.15, -0.1) is 0 Å². The maximum Gasteiger partial charge on any atom is 0.305 e. The number of carbonyl (C=O) groups excluding carboxylic acids is 2. The van der Waals surface area contributed by atoms with Gasteiger partial charge < -0.3 is 20.1 Å². The number of aliphatic carboxylic acids is 1. The number of aliphatic imine (C=N–C) groups is 1. The summed E-state index contributed by atoms with van der Waals surface area (Å²) in [4.78, 5) is 45.5. The molecule has 8 heteroatoms. The predicted molar refractivity (Wildman–Crippen MR) is 178 cm³/mol. The molecule has 2 aromatic rings. The van der Waals surface area contributed by atoms with Crippen LogP contribution in [0.5, 0.6) is 5.75 Å². The summed E-state index contributed by atoms with van der Waals surface area (Å²) in [6, 6.07) is 15.1. The summed E-state index contributed by atoms with van der Waals surface area (Å²) in [6.45, 7) is 5.20. The van der Waals surface area contributed by atoms with Crippen molar-refractivity contribution in [3.63, 3.8) is 0 Å². The first kappa shape index (κ1) is 31.8. The molecule has 2 N–H and O–H groups in total. The number of carboxylic acids is 1. The van der Waals surface area contributed by atoms with Crippen LogP contribution in [0.25, 0.3) is 0 Å². The zero-order chi connectivity index (χ0) is 32.3. The zero-order valence-corrected chi connectivity index (χ0v) is 26.9. The average molecular weight is 624 g/mol. The summed E-state index contributed by atoms with van der Waals surface area (Å²) >= 11 is 0. The van der Waals surface area contributed by atoms with Crippen LogP contribution in [0.15, 0.2) is 77.3 Å². The van der Waals surface area contributed by atoms with Gasteiger partial charge in [0.25, 0.3) is 11.8 Å². The van der Waals surface area contributed by atoms with Crippen LogP contribution < -0.4 is 10.1 Å². The van der Waals surface area contributed by atoms with E-state index in [1.165, 1.54) is 5.57 Å². The van der Waals surface area contributed by atoms with Crippen molar-refractivity contribution in [3.8, 4) is 5.75 Å². The van der Waals surface area contributed by atoms with Crippen molar-refractivity contribution >= 4 is 23.5 Å². The fourth-order valence-electron chi connectivity index (χ4n) is 7.23. The van der Waals surface area contributed by atoms with Gasteiger partial charge in [0.1, 0.15) is 23.7 Å². The van der Waals surface area contributed by atoms with E-state index in [1.807, 2.05) is 36.4 Å². The third-order valence-electron chi connectivity index (χ3n) is 10.1. The van der Waals surface area contributed by atoms with Crippen LogP contribution in [0.3, 0.4) is 0 Å². The van der Waals surface area contributed by atoms with Crippen molar-refractivity contribution in [3.05, 3.63) is 89.0 Å². The Bertz CT molecular complexity index is 1530. The van der Waals surface area contributed by atoms with Gasteiger partial charge in [0.05, 0.1) is 12.5 Å². The third-order valence-corrected chi connectivity index (χ3v) is 10.1. The lowest BCUT2D eigenvalue weighted by molar-refractivity contribution is -0.137. The number of ether oxygens (including phenoxy) is 1. The number of nitrogens with zero attached hydrogens (tertiary/aromatic N) is 2. The highest BCUT2D eigenvalue weighted by Crippen LogP contribution is 2.53. The molecule has 8 nitrogen and oxygen atoms in total. The number of rotatable bonds is 12. The molecule has 6 rings (SSSR count). The Morgan fingerprint density at radius 2 is 1.74 bits per heavy atom. The maximum absolute atomic E-state index is 14.5. The van der Waals surface area contributed by atoms with Crippen LogP contribution in [0, 0.1) is 17.8 Å². The van der Waals surface area contributed by atoms with Gasteiger partial charge in [0.15, 0.2) is 0 Å². The smallest absolute Gasteiger partial charge is 0.305 e. The first-order valence-electron chi connectivity index (χ1n) is 16.9. The third kappa shape index (κ3) is 6.96. The molecule has 1 atom stereocenters. The lowest BCUT2D eigenvalue weighted by atomic mass is 9.76. The monoisotopic (exact) mass is 623 g/mol. The first-order chi connectivity index (χ1) is 22.2. The van der Waals surface area contributed by atoms with E-state index in [4.69, 9.17) is 14.8 Å². The molecule has 46 heavy (non-hydrogen) atoms. The van der Waals surface area contributed by atoms with Gasteiger partial charge >= 0.3 is 5.97 Å². The fourth-order valence-corrected chi connectivity index (χ4v) is 7.23. The van der Waals surface area contributed by atoms with Crippen LogP contribution in [-0.4, -0.2) is 52.3 Å². The van der Waals surface area contributed by atoms with E-state index in [0.29, 0.717) is 35.6 Å². The van der Waals surface area contributed by atoms with Crippen molar-refractivity contribution in [2.75, 3.05) is 13.2 Å². The van der Waals surface area contributed by atoms with Crippen LogP contribution in [-0.2, 0) is 9.59 Å². The Labute approximate surface area is 271 Å². The number of carbonyl (C=O) groups is 3. The van der Waals surface area contributed by atoms with Crippen LogP contribution in [0.4, 0.5) is 0 Å². The number of hydrogen-bond donors (Lipinski definition) is 2. The van der Waals surface area contributed by atoms with E-state index in [9.17, 15) is 14.4 Å². The molecule has 1 spiro atoms. The molecular weight excluding hydrogens is 578 g/mol. The lowest BCUT2D eigenvalue weighted by Crippen LogP contribution is -2.51. The number of amides is 2. The van der Waals surface area contributed by atoms with E-state index >= 15 is 0 Å². The Hall–Kier alpha value is -4.20. The SMILES string of the molecule is CC(C)C1CCC2(CC1)N=C(c1ccc(OCC3=CC=CCC3)cc1)C(=O)N2[C@@H](c1ccc(C(=O)NCCC(=O)O)cc1)C1CC1. The largest absolute Gasteiger partial charge is 0.489 e. The molecule has 3 aliphatic carbocycles. The van der Waals surface area contributed by atoms with E-state index in [1.54, 1.807) is 12.1 Å². The van der Waals surface area contributed by atoms with Gasteiger partial charge in [0.2, 0.25) is 0 Å². The molecule has 2 fully saturated rings. The van der Waals surface area contributed by atoms with E-state index in [-0.39, 0.29) is 30.8 Å². The summed E-state index contributed by atoms with van der Waals surface area (Å²) in [5, 5.41) is 11.6. The Balaban J connectivity index is 1.25. The van der Waals surface area contributed by atoms with Gasteiger partial charge in [-0.3, -0.25) is 19.4 Å². The van der Waals surface area contributed by atoms with Crippen molar-refractivity contribution in [2.24, 2.45) is 22.7 Å². The number of hydrogen-bond acceptors (Lipinski definition) is 5. The van der Waals surface area contributed by atoms with Gasteiger partial charge in [-0.05, 0) is 117 Å². The summed E-state index contributed by atoms with van der Waals surface area (Å²) in [7, 11) is 0. The van der Waals surface area contributed by atoms with E-state index < -0.39 is 11.6 Å². The number of benzene rings is 2. The zero-order valence-electron chi connectivity index (χ0n) is 26.9. The number of allylic oxidation sites excluding steroid dienone is 3. The van der Waals surface area contributed by atoms with Gasteiger partial charge in [-0.25, -0.2) is 0 Å². The van der Waals surface area contributed by atoms with Gasteiger partial charge in [-0.1, -0.05) is 44.2 Å². The van der Waals surface area contributed by atoms with Crippen molar-refractivity contribution in [1.82, 2.24) is 10.2 Å². The Morgan fingerprint density at radius 3 is 2.35 bits per heavy atom. The topological polar surface area (TPSA) is 108 Å². The molecule has 2 amide bonds. The van der Waals surface area contributed by atoms with Crippen molar-refractivity contribution < 1.29 is 24.2 Å². The lowest BCUT2D eigenvalue weighted by Gasteiger charge is -2.46. The molecule has 2 saturated carbocycles. The van der Waals surface area contributed by atoms with E-state index in [2.05, 4.69) is 42.3 Å². The van der Waals surface area contributed by atoms with Crippen LogP contribution >= 0.6 is 0 Å². The van der Waals surface area contributed by atoms with Gasteiger partial charge in [-0.2, -0.15) is 0 Å². The number of nitrogens with one attached hydrogen (secondary N) is 1. The highest BCUT2D eigenvalue weighted by molar-refractivity contribution is 6.46. The second kappa shape index (κ2) is 13.7. The highest BCUT2D eigenvalue weighted by Gasteiger charge is 2.54.